The van der Waals surface area contributed by atoms with Crippen LogP contribution in [0.2, 0.25) is 0 Å². The van der Waals surface area contributed by atoms with E-state index in [0.29, 0.717) is 25.1 Å². The minimum absolute atomic E-state index is 0.0472. The zero-order valence-electron chi connectivity index (χ0n) is 14.4. The number of rotatable bonds is 7. The van der Waals surface area contributed by atoms with Gasteiger partial charge in [0, 0.05) is 31.6 Å². The first kappa shape index (κ1) is 18.0. The molecule has 0 aromatic heterocycles. The second-order valence-electron chi connectivity index (χ2n) is 6.25. The van der Waals surface area contributed by atoms with Gasteiger partial charge in [0.1, 0.15) is 0 Å². The van der Waals surface area contributed by atoms with E-state index in [9.17, 15) is 14.4 Å². The Morgan fingerprint density at radius 1 is 1.12 bits per heavy atom. The second-order valence-corrected chi connectivity index (χ2v) is 6.25. The summed E-state index contributed by atoms with van der Waals surface area (Å²) >= 11 is 0. The highest BCUT2D eigenvalue weighted by molar-refractivity contribution is 5.96. The van der Waals surface area contributed by atoms with Gasteiger partial charge in [-0.05, 0) is 38.8 Å². The Morgan fingerprint density at radius 2 is 1.83 bits per heavy atom. The minimum Gasteiger partial charge on any atom is -0.355 e. The summed E-state index contributed by atoms with van der Waals surface area (Å²) in [5.74, 6) is -0.276. The van der Waals surface area contributed by atoms with Gasteiger partial charge in [0.15, 0.2) is 0 Å². The van der Waals surface area contributed by atoms with Crippen LogP contribution in [0, 0.1) is 13.8 Å². The van der Waals surface area contributed by atoms with E-state index in [-0.39, 0.29) is 24.3 Å². The molecule has 1 fully saturated rings. The zero-order chi connectivity index (χ0) is 17.5. The number of benzene rings is 1. The number of hydrogen-bond acceptors (Lipinski definition) is 3. The van der Waals surface area contributed by atoms with E-state index in [4.69, 9.17) is 0 Å². The number of hydrogen-bond donors (Lipinski definition) is 2. The average molecular weight is 331 g/mol. The quantitative estimate of drug-likeness (QED) is 0.736. The van der Waals surface area contributed by atoms with Crippen molar-refractivity contribution in [2.45, 2.75) is 33.1 Å². The molecule has 1 heterocycles. The molecule has 0 bridgehead atoms. The fourth-order valence-electron chi connectivity index (χ4n) is 2.87. The van der Waals surface area contributed by atoms with Crippen LogP contribution < -0.4 is 10.6 Å². The van der Waals surface area contributed by atoms with E-state index in [1.54, 1.807) is 12.1 Å². The molecule has 3 amide bonds. The average Bonchev–Trinajstić information content (AvgIpc) is 2.93. The number of nitrogens with zero attached hydrogens (tertiary/aromatic N) is 1. The summed E-state index contributed by atoms with van der Waals surface area (Å²) in [7, 11) is 0. The molecular weight excluding hydrogens is 306 g/mol. The van der Waals surface area contributed by atoms with Crippen molar-refractivity contribution in [1.29, 1.82) is 0 Å². The summed E-state index contributed by atoms with van der Waals surface area (Å²) in [6.07, 6.45) is 2.29. The van der Waals surface area contributed by atoms with Crippen molar-refractivity contribution in [2.24, 2.45) is 0 Å². The number of carbonyl (C=O) groups is 3. The molecule has 2 N–H and O–H groups in total. The molecule has 0 unspecified atom stereocenters. The van der Waals surface area contributed by atoms with E-state index < -0.39 is 0 Å². The summed E-state index contributed by atoms with van der Waals surface area (Å²) in [5, 5.41) is 5.39. The second kappa shape index (κ2) is 8.47. The van der Waals surface area contributed by atoms with E-state index in [1.165, 1.54) is 0 Å². The zero-order valence-corrected chi connectivity index (χ0v) is 14.4. The van der Waals surface area contributed by atoms with Crippen molar-refractivity contribution >= 4 is 17.7 Å². The van der Waals surface area contributed by atoms with Crippen LogP contribution in [-0.2, 0) is 9.59 Å². The Hall–Kier alpha value is -2.37. The number of aryl methyl sites for hydroxylation is 2. The van der Waals surface area contributed by atoms with E-state index in [2.05, 4.69) is 10.6 Å². The lowest BCUT2D eigenvalue weighted by atomic mass is 10.1. The van der Waals surface area contributed by atoms with Gasteiger partial charge in [0.2, 0.25) is 11.8 Å². The highest BCUT2D eigenvalue weighted by atomic mass is 16.2. The molecule has 1 aliphatic heterocycles. The molecule has 0 radical (unpaired) electrons. The fourth-order valence-corrected chi connectivity index (χ4v) is 2.87. The first-order valence-electron chi connectivity index (χ1n) is 8.36. The van der Waals surface area contributed by atoms with Crippen LogP contribution in [0.3, 0.4) is 0 Å². The summed E-state index contributed by atoms with van der Waals surface area (Å²) in [4.78, 5) is 37.1. The van der Waals surface area contributed by atoms with Gasteiger partial charge in [-0.2, -0.15) is 0 Å². The molecule has 0 atom stereocenters. The van der Waals surface area contributed by atoms with Crippen LogP contribution in [0.15, 0.2) is 18.2 Å². The van der Waals surface area contributed by atoms with Crippen LogP contribution in [0.25, 0.3) is 0 Å². The van der Waals surface area contributed by atoms with Crippen LogP contribution in [0.1, 0.15) is 40.7 Å². The molecule has 1 aromatic carbocycles. The van der Waals surface area contributed by atoms with Crippen molar-refractivity contribution < 1.29 is 14.4 Å². The van der Waals surface area contributed by atoms with Crippen molar-refractivity contribution in [1.82, 2.24) is 15.5 Å². The Balaban J connectivity index is 1.65. The highest BCUT2D eigenvalue weighted by Gasteiger charge is 2.19. The standard InChI is InChI=1S/C18H25N3O3/c1-13-9-14(2)11-15(10-13)18(24)20-12-16(22)19-6-4-8-21-7-3-5-17(21)23/h9-11H,3-8,12H2,1-2H3,(H,19,22)(H,20,24). The third kappa shape index (κ3) is 5.37. The Morgan fingerprint density at radius 3 is 2.46 bits per heavy atom. The van der Waals surface area contributed by atoms with Gasteiger partial charge in [-0.3, -0.25) is 14.4 Å². The van der Waals surface area contributed by atoms with Crippen LogP contribution in [0.4, 0.5) is 0 Å². The van der Waals surface area contributed by atoms with Crippen molar-refractivity contribution in [3.63, 3.8) is 0 Å². The normalized spacial score (nSPS) is 13.9. The maximum Gasteiger partial charge on any atom is 0.251 e. The molecular formula is C18H25N3O3. The number of carbonyl (C=O) groups excluding carboxylic acids is 3. The Bertz CT molecular complexity index is 608. The largest absolute Gasteiger partial charge is 0.355 e. The lowest BCUT2D eigenvalue weighted by Gasteiger charge is -2.15. The predicted octanol–water partition coefficient (Wildman–Crippen LogP) is 1.16. The highest BCUT2D eigenvalue weighted by Crippen LogP contribution is 2.09. The molecule has 2 rings (SSSR count). The SMILES string of the molecule is Cc1cc(C)cc(C(=O)NCC(=O)NCCCN2CCCC2=O)c1. The minimum atomic E-state index is -0.250. The molecule has 0 saturated carbocycles. The maximum atomic E-state index is 12.1. The molecule has 1 aliphatic rings. The molecule has 1 aromatic rings. The van der Waals surface area contributed by atoms with Crippen LogP contribution in [0.5, 0.6) is 0 Å². The van der Waals surface area contributed by atoms with Gasteiger partial charge in [0.25, 0.3) is 5.91 Å². The van der Waals surface area contributed by atoms with Gasteiger partial charge in [0.05, 0.1) is 6.54 Å². The fraction of sp³-hybridized carbons (Fsp3) is 0.500. The molecule has 130 valence electrons. The summed E-state index contributed by atoms with van der Waals surface area (Å²) < 4.78 is 0. The van der Waals surface area contributed by atoms with Gasteiger partial charge in [-0.1, -0.05) is 17.2 Å². The topological polar surface area (TPSA) is 78.5 Å². The van der Waals surface area contributed by atoms with Crippen molar-refractivity contribution in [2.75, 3.05) is 26.2 Å². The molecule has 1 saturated heterocycles. The van der Waals surface area contributed by atoms with Crippen LogP contribution in [-0.4, -0.2) is 48.8 Å². The lowest BCUT2D eigenvalue weighted by molar-refractivity contribution is -0.127. The summed E-state index contributed by atoms with van der Waals surface area (Å²) in [6, 6.07) is 5.59. The molecule has 6 heteroatoms. The van der Waals surface area contributed by atoms with Gasteiger partial charge < -0.3 is 15.5 Å². The molecule has 0 aliphatic carbocycles. The van der Waals surface area contributed by atoms with Gasteiger partial charge >= 0.3 is 0 Å². The monoisotopic (exact) mass is 331 g/mol. The number of likely N-dealkylation sites (tertiary alicyclic amines) is 1. The van der Waals surface area contributed by atoms with E-state index >= 15 is 0 Å². The molecule has 24 heavy (non-hydrogen) atoms. The Labute approximate surface area is 142 Å². The first-order chi connectivity index (χ1) is 11.5. The van der Waals surface area contributed by atoms with Gasteiger partial charge in [-0.25, -0.2) is 0 Å². The van der Waals surface area contributed by atoms with Crippen molar-refractivity contribution in [3.8, 4) is 0 Å². The smallest absolute Gasteiger partial charge is 0.251 e. The number of nitrogens with one attached hydrogen (secondary N) is 2. The van der Waals surface area contributed by atoms with Crippen molar-refractivity contribution in [3.05, 3.63) is 34.9 Å². The van der Waals surface area contributed by atoms with Gasteiger partial charge in [-0.15, -0.1) is 0 Å². The van der Waals surface area contributed by atoms with E-state index in [1.807, 2.05) is 24.8 Å². The third-order valence-electron chi connectivity index (χ3n) is 3.99. The summed E-state index contributed by atoms with van der Waals surface area (Å²) in [6.45, 7) is 5.81. The predicted molar refractivity (Wildman–Crippen MR) is 91.7 cm³/mol. The Kier molecular flexibility index (Phi) is 6.35. The number of amides is 3. The third-order valence-corrected chi connectivity index (χ3v) is 3.99. The first-order valence-corrected chi connectivity index (χ1v) is 8.36. The van der Waals surface area contributed by atoms with E-state index in [0.717, 1.165) is 30.5 Å². The maximum absolute atomic E-state index is 12.1. The summed E-state index contributed by atoms with van der Waals surface area (Å²) in [5.41, 5.74) is 2.59. The lowest BCUT2D eigenvalue weighted by Crippen LogP contribution is -2.38. The molecule has 6 nitrogen and oxygen atoms in total. The molecule has 0 spiro atoms. The van der Waals surface area contributed by atoms with Crippen LogP contribution >= 0.6 is 0 Å².